The number of carbonyl (C=O) groups is 3. The van der Waals surface area contributed by atoms with Crippen LogP contribution in [0.4, 0.5) is 0 Å². The van der Waals surface area contributed by atoms with Gasteiger partial charge in [-0.2, -0.15) is 0 Å². The molecule has 1 atom stereocenters. The van der Waals surface area contributed by atoms with Crippen LogP contribution in [0.1, 0.15) is 76.0 Å². The first-order chi connectivity index (χ1) is 15.9. The number of fused-ring (bicyclic) bond motifs is 1. The van der Waals surface area contributed by atoms with Crippen molar-refractivity contribution >= 4 is 28.5 Å². The van der Waals surface area contributed by atoms with Gasteiger partial charge in [0, 0.05) is 29.1 Å². The molecule has 33 heavy (non-hydrogen) atoms. The number of unbranched alkanes of at least 4 members (excludes halogenated alkanes) is 2. The van der Waals surface area contributed by atoms with Gasteiger partial charge in [0.25, 0.3) is 0 Å². The van der Waals surface area contributed by atoms with E-state index in [1.54, 1.807) is 14.0 Å². The Morgan fingerprint density at radius 3 is 2.61 bits per heavy atom. The summed E-state index contributed by atoms with van der Waals surface area (Å²) in [6.45, 7) is 3.55. The maximum absolute atomic E-state index is 13.0. The number of H-pyrrole nitrogens is 1. The Bertz CT molecular complexity index is 975. The Kier molecular flexibility index (Phi) is 8.92. The maximum atomic E-state index is 13.0. The summed E-state index contributed by atoms with van der Waals surface area (Å²) in [5.74, 6) is 0.656. The van der Waals surface area contributed by atoms with E-state index >= 15 is 0 Å². The molecule has 1 saturated carbocycles. The number of nitrogens with one attached hydrogen (secondary N) is 3. The highest BCUT2D eigenvalue weighted by molar-refractivity contribution is 5.93. The Balaban J connectivity index is 1.65. The summed E-state index contributed by atoms with van der Waals surface area (Å²) in [4.78, 5) is 40.5. The van der Waals surface area contributed by atoms with Crippen LogP contribution in [0.15, 0.2) is 18.2 Å². The molecule has 3 rings (SSSR count). The first kappa shape index (κ1) is 24.8. The van der Waals surface area contributed by atoms with Crippen LogP contribution in [0.2, 0.25) is 0 Å². The number of amides is 2. The Labute approximate surface area is 196 Å². The predicted molar refractivity (Wildman–Crippen MR) is 129 cm³/mol. The van der Waals surface area contributed by atoms with E-state index in [2.05, 4.69) is 15.6 Å². The molecule has 0 spiro atoms. The monoisotopic (exact) mass is 455 g/mol. The lowest BCUT2D eigenvalue weighted by atomic mass is 10.0. The number of methoxy groups -OCH3 is 1. The van der Waals surface area contributed by atoms with Crippen molar-refractivity contribution in [3.8, 4) is 5.75 Å². The summed E-state index contributed by atoms with van der Waals surface area (Å²) < 4.78 is 5.34. The van der Waals surface area contributed by atoms with Crippen LogP contribution in [0.5, 0.6) is 5.75 Å². The molecule has 7 heteroatoms. The second-order valence-electron chi connectivity index (χ2n) is 9.23. The zero-order chi connectivity index (χ0) is 23.8. The lowest BCUT2D eigenvalue weighted by molar-refractivity contribution is -0.129. The molecule has 1 aliphatic rings. The van der Waals surface area contributed by atoms with Crippen LogP contribution in [-0.2, 0) is 20.8 Å². The molecule has 0 saturated heterocycles. The minimum atomic E-state index is -0.560. The number of carbonyl (C=O) groups excluding carboxylic acids is 3. The van der Waals surface area contributed by atoms with Gasteiger partial charge in [-0.25, -0.2) is 0 Å². The van der Waals surface area contributed by atoms with E-state index in [1.165, 1.54) is 0 Å². The third-order valence-electron chi connectivity index (χ3n) is 6.54. The van der Waals surface area contributed by atoms with Crippen LogP contribution in [0.25, 0.3) is 10.9 Å². The van der Waals surface area contributed by atoms with E-state index in [0.29, 0.717) is 12.8 Å². The van der Waals surface area contributed by atoms with Crippen LogP contribution >= 0.6 is 0 Å². The molecule has 0 radical (unpaired) electrons. The van der Waals surface area contributed by atoms with Crippen LogP contribution < -0.4 is 15.4 Å². The van der Waals surface area contributed by atoms with Gasteiger partial charge in [-0.05, 0) is 63.3 Å². The highest BCUT2D eigenvalue weighted by atomic mass is 16.5. The molecule has 0 bridgehead atoms. The number of ketones is 1. The summed E-state index contributed by atoms with van der Waals surface area (Å²) in [6, 6.07) is 5.41. The molecule has 2 aromatic rings. The van der Waals surface area contributed by atoms with E-state index in [9.17, 15) is 14.4 Å². The number of ether oxygens (including phenoxy) is 1. The van der Waals surface area contributed by atoms with Gasteiger partial charge in [-0.15, -0.1) is 0 Å². The normalized spacial score (nSPS) is 14.9. The fraction of sp³-hybridized carbons (Fsp3) is 0.577. The minimum Gasteiger partial charge on any atom is -0.497 e. The van der Waals surface area contributed by atoms with Crippen molar-refractivity contribution in [2.24, 2.45) is 0 Å². The molecular formula is C26H37N3O4. The van der Waals surface area contributed by atoms with Crippen molar-refractivity contribution < 1.29 is 19.1 Å². The highest BCUT2D eigenvalue weighted by Gasteiger charge is 2.25. The zero-order valence-electron chi connectivity index (χ0n) is 20.1. The Morgan fingerprint density at radius 2 is 1.91 bits per heavy atom. The highest BCUT2D eigenvalue weighted by Crippen LogP contribution is 2.27. The molecule has 3 N–H and O–H groups in total. The van der Waals surface area contributed by atoms with Crippen molar-refractivity contribution in [3.05, 3.63) is 29.5 Å². The van der Waals surface area contributed by atoms with Crippen LogP contribution in [0.3, 0.4) is 0 Å². The van der Waals surface area contributed by atoms with Gasteiger partial charge in [0.05, 0.1) is 13.5 Å². The zero-order valence-corrected chi connectivity index (χ0v) is 20.1. The Hall–Kier alpha value is -2.83. The topological polar surface area (TPSA) is 100 Å². The minimum absolute atomic E-state index is 0.0980. The number of benzene rings is 1. The summed E-state index contributed by atoms with van der Waals surface area (Å²) in [5, 5.41) is 7.07. The van der Waals surface area contributed by atoms with E-state index in [0.717, 1.165) is 72.9 Å². The first-order valence-electron chi connectivity index (χ1n) is 12.1. The largest absolute Gasteiger partial charge is 0.497 e. The van der Waals surface area contributed by atoms with Gasteiger partial charge in [0.15, 0.2) is 0 Å². The van der Waals surface area contributed by atoms with E-state index in [1.807, 2.05) is 25.1 Å². The number of hydrogen-bond acceptors (Lipinski definition) is 4. The molecular weight excluding hydrogens is 418 g/mol. The number of hydrogen-bond donors (Lipinski definition) is 3. The van der Waals surface area contributed by atoms with Crippen molar-refractivity contribution in [2.75, 3.05) is 7.11 Å². The number of aromatic amines is 1. The number of Topliss-reactive ketones (excluding diaryl/α,β-unsaturated/α-hetero) is 1. The molecule has 1 aliphatic carbocycles. The van der Waals surface area contributed by atoms with Gasteiger partial charge in [0.2, 0.25) is 11.8 Å². The summed E-state index contributed by atoms with van der Waals surface area (Å²) in [7, 11) is 1.62. The van der Waals surface area contributed by atoms with Gasteiger partial charge in [-0.3, -0.25) is 9.59 Å². The maximum Gasteiger partial charge on any atom is 0.242 e. The van der Waals surface area contributed by atoms with Crippen LogP contribution in [0, 0.1) is 6.92 Å². The summed E-state index contributed by atoms with van der Waals surface area (Å²) in [5.41, 5.74) is 2.81. The second-order valence-corrected chi connectivity index (χ2v) is 9.23. The summed E-state index contributed by atoms with van der Waals surface area (Å²) >= 11 is 0. The van der Waals surface area contributed by atoms with Gasteiger partial charge < -0.3 is 25.1 Å². The molecule has 2 amide bonds. The molecule has 180 valence electrons. The Morgan fingerprint density at radius 1 is 1.15 bits per heavy atom. The number of rotatable bonds is 12. The SMILES string of the molecule is COc1ccc2[nH]c(C)c(CC(=O)N[C@@H](CCCCCC(C)=O)C(=O)NC3CCCC3)c2c1. The quantitative estimate of drug-likeness (QED) is 0.419. The van der Waals surface area contributed by atoms with E-state index in [4.69, 9.17) is 4.74 Å². The van der Waals surface area contributed by atoms with Crippen LogP contribution in [-0.4, -0.2) is 41.8 Å². The molecule has 0 unspecified atom stereocenters. The lowest BCUT2D eigenvalue weighted by Gasteiger charge is -2.21. The average molecular weight is 456 g/mol. The molecule has 1 heterocycles. The van der Waals surface area contributed by atoms with E-state index < -0.39 is 6.04 Å². The standard InChI is InChI=1S/C26H37N3O4/c1-17(30)9-5-4-6-12-24(26(32)28-19-10-7-8-11-19)29-25(31)16-21-18(2)27-23-14-13-20(33-3)15-22(21)23/h13-15,19,24,27H,4-12,16H2,1-3H3,(H,28,32)(H,29,31)/t24-/m0/s1. The van der Waals surface area contributed by atoms with Crippen molar-refractivity contribution in [2.45, 2.75) is 90.1 Å². The van der Waals surface area contributed by atoms with Gasteiger partial charge in [-0.1, -0.05) is 25.7 Å². The fourth-order valence-corrected chi connectivity index (χ4v) is 4.66. The lowest BCUT2D eigenvalue weighted by Crippen LogP contribution is -2.49. The first-order valence-corrected chi connectivity index (χ1v) is 12.1. The molecule has 0 aliphatic heterocycles. The fourth-order valence-electron chi connectivity index (χ4n) is 4.66. The second kappa shape index (κ2) is 11.9. The third kappa shape index (κ3) is 7.07. The number of aromatic nitrogens is 1. The van der Waals surface area contributed by atoms with E-state index in [-0.39, 0.29) is 30.1 Å². The molecule has 1 aromatic carbocycles. The third-order valence-corrected chi connectivity index (χ3v) is 6.54. The predicted octanol–water partition coefficient (Wildman–Crippen LogP) is 4.11. The van der Waals surface area contributed by atoms with Gasteiger partial charge in [0.1, 0.15) is 17.6 Å². The molecule has 1 fully saturated rings. The molecule has 1 aromatic heterocycles. The summed E-state index contributed by atoms with van der Waals surface area (Å²) in [6.07, 6.45) is 8.07. The average Bonchev–Trinajstić information content (AvgIpc) is 3.39. The van der Waals surface area contributed by atoms with Crippen molar-refractivity contribution in [1.29, 1.82) is 0 Å². The smallest absolute Gasteiger partial charge is 0.242 e. The van der Waals surface area contributed by atoms with Gasteiger partial charge >= 0.3 is 0 Å². The number of aryl methyl sites for hydroxylation is 1. The molecule has 7 nitrogen and oxygen atoms in total. The van der Waals surface area contributed by atoms with Crippen molar-refractivity contribution in [3.63, 3.8) is 0 Å². The van der Waals surface area contributed by atoms with Crippen molar-refractivity contribution in [1.82, 2.24) is 15.6 Å².